The predicted octanol–water partition coefficient (Wildman–Crippen LogP) is 1.71. The fraction of sp³-hybridized carbons (Fsp3) is 0.214. The number of nitrogens with zero attached hydrogens (tertiary/aromatic N) is 1. The topological polar surface area (TPSA) is 94.3 Å². The number of nitrogens with one attached hydrogen (secondary N) is 1. The maximum Gasteiger partial charge on any atom is 0.242 e. The highest BCUT2D eigenvalue weighted by atomic mass is 32.2. The van der Waals surface area contributed by atoms with Gasteiger partial charge in [0.2, 0.25) is 10.0 Å². The summed E-state index contributed by atoms with van der Waals surface area (Å²) in [5.41, 5.74) is 6.29. The van der Waals surface area contributed by atoms with Gasteiger partial charge in [-0.3, -0.25) is 0 Å². The zero-order valence-electron chi connectivity index (χ0n) is 11.8. The van der Waals surface area contributed by atoms with E-state index in [1.807, 2.05) is 12.1 Å². The lowest BCUT2D eigenvalue weighted by molar-refractivity contribution is 0.414. The number of ether oxygens (including phenoxy) is 1. The van der Waals surface area contributed by atoms with Crippen molar-refractivity contribution >= 4 is 15.8 Å². The van der Waals surface area contributed by atoms with Crippen molar-refractivity contribution in [3.63, 3.8) is 0 Å². The number of hydrogen-bond donors (Lipinski definition) is 2. The van der Waals surface area contributed by atoms with Crippen LogP contribution in [0.1, 0.15) is 18.5 Å². The Hall–Kier alpha value is -2.12. The second-order valence-electron chi connectivity index (χ2n) is 4.53. The molecule has 7 heteroatoms. The van der Waals surface area contributed by atoms with Crippen LogP contribution >= 0.6 is 0 Å². The van der Waals surface area contributed by atoms with Gasteiger partial charge in [-0.2, -0.15) is 0 Å². The van der Waals surface area contributed by atoms with E-state index < -0.39 is 10.0 Å². The molecule has 0 amide bonds. The number of aromatic nitrogens is 1. The van der Waals surface area contributed by atoms with Gasteiger partial charge in [-0.15, -0.1) is 0 Å². The van der Waals surface area contributed by atoms with Crippen LogP contribution in [0.3, 0.4) is 0 Å². The number of benzene rings is 1. The van der Waals surface area contributed by atoms with E-state index in [-0.39, 0.29) is 16.8 Å². The zero-order chi connectivity index (χ0) is 15.5. The molecule has 0 aliphatic heterocycles. The molecule has 0 saturated carbocycles. The fourth-order valence-corrected chi connectivity index (χ4v) is 2.99. The molecule has 0 aliphatic rings. The van der Waals surface area contributed by atoms with Gasteiger partial charge in [-0.1, -0.05) is 12.1 Å². The molecule has 0 spiro atoms. The normalized spacial score (nSPS) is 12.9. The van der Waals surface area contributed by atoms with Crippen LogP contribution in [0.4, 0.5) is 5.82 Å². The van der Waals surface area contributed by atoms with E-state index in [4.69, 9.17) is 10.5 Å². The maximum absolute atomic E-state index is 12.2. The summed E-state index contributed by atoms with van der Waals surface area (Å²) < 4.78 is 32.1. The van der Waals surface area contributed by atoms with E-state index >= 15 is 0 Å². The average molecular weight is 307 g/mol. The molecule has 2 rings (SSSR count). The van der Waals surface area contributed by atoms with Crippen LogP contribution in [0.25, 0.3) is 0 Å². The number of anilines is 1. The van der Waals surface area contributed by atoms with E-state index in [9.17, 15) is 8.42 Å². The molecule has 112 valence electrons. The molecule has 0 fully saturated rings. The Bertz CT molecular complexity index is 697. The molecular weight excluding hydrogens is 290 g/mol. The van der Waals surface area contributed by atoms with Crippen LogP contribution in [0.15, 0.2) is 47.5 Å². The third-order valence-electron chi connectivity index (χ3n) is 3.02. The van der Waals surface area contributed by atoms with Gasteiger partial charge in [0.15, 0.2) is 0 Å². The van der Waals surface area contributed by atoms with E-state index in [0.717, 1.165) is 11.3 Å². The first-order valence-corrected chi connectivity index (χ1v) is 7.78. The number of methoxy groups -OCH3 is 1. The second-order valence-corrected chi connectivity index (χ2v) is 6.25. The number of nitrogens with two attached hydrogens (primary N) is 1. The van der Waals surface area contributed by atoms with Crippen LogP contribution in [0.2, 0.25) is 0 Å². The molecular formula is C14H17N3O3S. The molecule has 0 radical (unpaired) electrons. The van der Waals surface area contributed by atoms with Crippen LogP contribution in [-0.4, -0.2) is 20.5 Å². The van der Waals surface area contributed by atoms with Crippen molar-refractivity contribution < 1.29 is 13.2 Å². The highest BCUT2D eigenvalue weighted by Gasteiger charge is 2.18. The molecule has 3 N–H and O–H groups in total. The van der Waals surface area contributed by atoms with Crippen molar-refractivity contribution in [1.82, 2.24) is 9.71 Å². The highest BCUT2D eigenvalue weighted by molar-refractivity contribution is 7.89. The fourth-order valence-electron chi connectivity index (χ4n) is 1.81. The van der Waals surface area contributed by atoms with Crippen molar-refractivity contribution in [1.29, 1.82) is 0 Å². The van der Waals surface area contributed by atoms with E-state index in [1.54, 1.807) is 26.2 Å². The average Bonchev–Trinajstić information content (AvgIpc) is 2.47. The van der Waals surface area contributed by atoms with Gasteiger partial charge in [0, 0.05) is 12.2 Å². The molecule has 1 aromatic carbocycles. The van der Waals surface area contributed by atoms with Crippen LogP contribution in [-0.2, 0) is 10.0 Å². The molecule has 1 heterocycles. The van der Waals surface area contributed by atoms with Gasteiger partial charge >= 0.3 is 0 Å². The summed E-state index contributed by atoms with van der Waals surface area (Å²) >= 11 is 0. The minimum atomic E-state index is -3.64. The van der Waals surface area contributed by atoms with E-state index in [2.05, 4.69) is 9.71 Å². The lowest BCUT2D eigenvalue weighted by atomic mass is 10.1. The van der Waals surface area contributed by atoms with Crippen LogP contribution < -0.4 is 15.2 Å². The van der Waals surface area contributed by atoms with E-state index in [1.165, 1.54) is 18.3 Å². The SMILES string of the molecule is COc1ccc(C(C)NS(=O)(=O)c2ccc(N)nc2)cc1. The number of pyridine rings is 1. The zero-order valence-corrected chi connectivity index (χ0v) is 12.6. The number of hydrogen-bond acceptors (Lipinski definition) is 5. The monoisotopic (exact) mass is 307 g/mol. The van der Waals surface area contributed by atoms with Gasteiger partial charge in [0.1, 0.15) is 16.5 Å². The van der Waals surface area contributed by atoms with Gasteiger partial charge in [0.05, 0.1) is 7.11 Å². The summed E-state index contributed by atoms with van der Waals surface area (Å²) in [6, 6.07) is 9.69. The largest absolute Gasteiger partial charge is 0.497 e. The van der Waals surface area contributed by atoms with E-state index in [0.29, 0.717) is 0 Å². The Kier molecular flexibility index (Phi) is 4.44. The standard InChI is InChI=1S/C14H17N3O3S/c1-10(11-3-5-12(20-2)6-4-11)17-21(18,19)13-7-8-14(15)16-9-13/h3-10,17H,1-2H3,(H2,15,16). The smallest absolute Gasteiger partial charge is 0.242 e. The lowest BCUT2D eigenvalue weighted by Gasteiger charge is -2.15. The van der Waals surface area contributed by atoms with Crippen molar-refractivity contribution in [2.24, 2.45) is 0 Å². The summed E-state index contributed by atoms with van der Waals surface area (Å²) in [5, 5.41) is 0. The first kappa shape index (κ1) is 15.3. The first-order valence-electron chi connectivity index (χ1n) is 6.30. The van der Waals surface area contributed by atoms with Gasteiger partial charge in [-0.25, -0.2) is 18.1 Å². The Balaban J connectivity index is 2.17. The number of rotatable bonds is 5. The molecule has 0 bridgehead atoms. The number of nitrogen functional groups attached to an aromatic ring is 1. The maximum atomic E-state index is 12.2. The first-order chi connectivity index (χ1) is 9.92. The Labute approximate surface area is 124 Å². The van der Waals surface area contributed by atoms with Gasteiger partial charge < -0.3 is 10.5 Å². The highest BCUT2D eigenvalue weighted by Crippen LogP contribution is 2.19. The molecule has 1 unspecified atom stereocenters. The third kappa shape index (κ3) is 3.71. The molecule has 21 heavy (non-hydrogen) atoms. The minimum Gasteiger partial charge on any atom is -0.497 e. The Morgan fingerprint density at radius 2 is 1.86 bits per heavy atom. The second kappa shape index (κ2) is 6.11. The van der Waals surface area contributed by atoms with Crippen LogP contribution in [0.5, 0.6) is 5.75 Å². The van der Waals surface area contributed by atoms with Crippen molar-refractivity contribution in [2.45, 2.75) is 17.9 Å². The Morgan fingerprint density at radius 1 is 1.19 bits per heavy atom. The lowest BCUT2D eigenvalue weighted by Crippen LogP contribution is -2.27. The summed E-state index contributed by atoms with van der Waals surface area (Å²) in [6.07, 6.45) is 1.23. The Morgan fingerprint density at radius 3 is 2.38 bits per heavy atom. The predicted molar refractivity (Wildman–Crippen MR) is 80.4 cm³/mol. The quantitative estimate of drug-likeness (QED) is 0.877. The summed E-state index contributed by atoms with van der Waals surface area (Å²) in [6.45, 7) is 1.77. The molecule has 1 atom stereocenters. The van der Waals surface area contributed by atoms with Crippen LogP contribution in [0, 0.1) is 0 Å². The van der Waals surface area contributed by atoms with Crippen molar-refractivity contribution in [3.8, 4) is 5.75 Å². The minimum absolute atomic E-state index is 0.0806. The van der Waals surface area contributed by atoms with Crippen molar-refractivity contribution in [2.75, 3.05) is 12.8 Å². The molecule has 0 saturated heterocycles. The number of sulfonamides is 1. The van der Waals surface area contributed by atoms with Gasteiger partial charge in [0.25, 0.3) is 0 Å². The molecule has 1 aromatic heterocycles. The third-order valence-corrected chi connectivity index (χ3v) is 4.54. The molecule has 0 aliphatic carbocycles. The summed E-state index contributed by atoms with van der Waals surface area (Å²) in [7, 11) is -2.06. The summed E-state index contributed by atoms with van der Waals surface area (Å²) in [5.74, 6) is 0.994. The molecule has 6 nitrogen and oxygen atoms in total. The van der Waals surface area contributed by atoms with Gasteiger partial charge in [-0.05, 0) is 36.8 Å². The molecule has 2 aromatic rings. The van der Waals surface area contributed by atoms with Crippen molar-refractivity contribution in [3.05, 3.63) is 48.2 Å². The summed E-state index contributed by atoms with van der Waals surface area (Å²) in [4.78, 5) is 3.87.